The lowest BCUT2D eigenvalue weighted by molar-refractivity contribution is -0.190. The number of nitrogens with zero attached hydrogens (tertiary/aromatic N) is 2. The second-order valence-corrected chi connectivity index (χ2v) is 6.84. The molecule has 2 rings (SSSR count). The number of rotatable bonds is 3. The molecular formula is C15H28N2O. The Labute approximate surface area is 112 Å². The van der Waals surface area contributed by atoms with Gasteiger partial charge in [0.2, 0.25) is 5.91 Å². The molecule has 0 radical (unpaired) electrons. The highest BCUT2D eigenvalue weighted by atomic mass is 16.2. The first-order chi connectivity index (χ1) is 8.30. The summed E-state index contributed by atoms with van der Waals surface area (Å²) in [7, 11) is 0. The van der Waals surface area contributed by atoms with Crippen LogP contribution < -0.4 is 0 Å². The summed E-state index contributed by atoms with van der Waals surface area (Å²) in [6.45, 7) is 13.3. The molecule has 0 unspecified atom stereocenters. The van der Waals surface area contributed by atoms with Crippen molar-refractivity contribution in [2.75, 3.05) is 0 Å². The molecule has 0 aliphatic carbocycles. The highest BCUT2D eigenvalue weighted by Crippen LogP contribution is 2.46. The average Bonchev–Trinajstić information content (AvgIpc) is 2.24. The van der Waals surface area contributed by atoms with Gasteiger partial charge in [-0.3, -0.25) is 9.69 Å². The maximum Gasteiger partial charge on any atom is 0.243 e. The Balaban J connectivity index is 2.27. The predicted octanol–water partition coefficient (Wildman–Crippen LogP) is 2.65. The Bertz CT molecular complexity index is 331. The zero-order chi connectivity index (χ0) is 13.7. The van der Waals surface area contributed by atoms with Gasteiger partial charge in [0.15, 0.2) is 0 Å². The number of amides is 1. The van der Waals surface area contributed by atoms with E-state index in [1.165, 1.54) is 6.42 Å². The smallest absolute Gasteiger partial charge is 0.243 e. The van der Waals surface area contributed by atoms with Gasteiger partial charge >= 0.3 is 0 Å². The minimum Gasteiger partial charge on any atom is -0.331 e. The second kappa shape index (κ2) is 4.52. The Morgan fingerprint density at radius 1 is 1.28 bits per heavy atom. The van der Waals surface area contributed by atoms with Crippen molar-refractivity contribution in [2.45, 2.75) is 90.5 Å². The lowest BCUT2D eigenvalue weighted by Crippen LogP contribution is -2.81. The number of hydrogen-bond acceptors (Lipinski definition) is 2. The van der Waals surface area contributed by atoms with E-state index in [1.54, 1.807) is 0 Å². The van der Waals surface area contributed by atoms with E-state index >= 15 is 0 Å². The van der Waals surface area contributed by atoms with E-state index in [9.17, 15) is 4.79 Å². The summed E-state index contributed by atoms with van der Waals surface area (Å²) >= 11 is 0. The van der Waals surface area contributed by atoms with Crippen LogP contribution in [0.2, 0.25) is 0 Å². The van der Waals surface area contributed by atoms with Crippen molar-refractivity contribution in [2.24, 2.45) is 0 Å². The quantitative estimate of drug-likeness (QED) is 0.721. The summed E-state index contributed by atoms with van der Waals surface area (Å²) in [6.07, 6.45) is 3.57. The zero-order valence-electron chi connectivity index (χ0n) is 12.7. The normalized spacial score (nSPS) is 36.3. The van der Waals surface area contributed by atoms with Crippen LogP contribution >= 0.6 is 0 Å². The predicted molar refractivity (Wildman–Crippen MR) is 74.5 cm³/mol. The monoisotopic (exact) mass is 252 g/mol. The van der Waals surface area contributed by atoms with Gasteiger partial charge in [0.25, 0.3) is 0 Å². The van der Waals surface area contributed by atoms with E-state index in [0.717, 1.165) is 12.8 Å². The minimum atomic E-state index is 0.0727. The molecule has 0 aromatic heterocycles. The fourth-order valence-corrected chi connectivity index (χ4v) is 4.22. The molecule has 18 heavy (non-hydrogen) atoms. The second-order valence-electron chi connectivity index (χ2n) is 6.84. The highest BCUT2D eigenvalue weighted by Gasteiger charge is 2.62. The molecule has 2 aliphatic heterocycles. The standard InChI is InChI=1S/C15H28N2O/c1-10(2)16(11(3)4)13-14(18)17-12(5)8-7-9-15(13,17)6/h10-13H,7-9H2,1-6H3/t12-,13+,15+/m0/s1. The highest BCUT2D eigenvalue weighted by molar-refractivity contribution is 5.91. The van der Waals surface area contributed by atoms with E-state index in [0.29, 0.717) is 24.0 Å². The van der Waals surface area contributed by atoms with Crippen molar-refractivity contribution in [3.05, 3.63) is 0 Å². The molecule has 2 aliphatic rings. The maximum absolute atomic E-state index is 12.5. The van der Waals surface area contributed by atoms with Crippen molar-refractivity contribution >= 4 is 5.91 Å². The average molecular weight is 252 g/mol. The number of piperidine rings is 1. The van der Waals surface area contributed by atoms with E-state index in [2.05, 4.69) is 51.3 Å². The maximum atomic E-state index is 12.5. The van der Waals surface area contributed by atoms with Gasteiger partial charge in [-0.25, -0.2) is 0 Å². The van der Waals surface area contributed by atoms with Gasteiger partial charge in [0, 0.05) is 18.1 Å². The number of carbonyl (C=O) groups excluding carboxylic acids is 1. The fraction of sp³-hybridized carbons (Fsp3) is 0.933. The van der Waals surface area contributed by atoms with Gasteiger partial charge < -0.3 is 4.90 Å². The van der Waals surface area contributed by atoms with Crippen LogP contribution in [0.25, 0.3) is 0 Å². The van der Waals surface area contributed by atoms with Gasteiger partial charge in [-0.15, -0.1) is 0 Å². The van der Waals surface area contributed by atoms with Crippen LogP contribution in [0.3, 0.4) is 0 Å². The first-order valence-electron chi connectivity index (χ1n) is 7.41. The van der Waals surface area contributed by atoms with Crippen LogP contribution in [-0.2, 0) is 4.79 Å². The molecule has 0 spiro atoms. The summed E-state index contributed by atoms with van der Waals surface area (Å²) < 4.78 is 0. The summed E-state index contributed by atoms with van der Waals surface area (Å²) in [6, 6.07) is 1.37. The van der Waals surface area contributed by atoms with Gasteiger partial charge in [-0.05, 0) is 60.8 Å². The van der Waals surface area contributed by atoms with E-state index in [4.69, 9.17) is 0 Å². The molecule has 2 fully saturated rings. The van der Waals surface area contributed by atoms with Gasteiger partial charge in [-0.2, -0.15) is 0 Å². The van der Waals surface area contributed by atoms with Crippen LogP contribution in [-0.4, -0.2) is 45.4 Å². The molecule has 0 bridgehead atoms. The number of fused-ring (bicyclic) bond motifs is 1. The van der Waals surface area contributed by atoms with Crippen molar-refractivity contribution in [1.82, 2.24) is 9.80 Å². The van der Waals surface area contributed by atoms with Gasteiger partial charge in [0.05, 0.1) is 5.54 Å². The molecule has 104 valence electrons. The molecule has 2 saturated heterocycles. The number of β-lactam (4-membered cyclic amide) rings is 1. The van der Waals surface area contributed by atoms with E-state index in [1.807, 2.05) is 0 Å². The number of hydrogen-bond donors (Lipinski definition) is 0. The van der Waals surface area contributed by atoms with Crippen molar-refractivity contribution in [3.8, 4) is 0 Å². The summed E-state index contributed by atoms with van der Waals surface area (Å²) in [5.74, 6) is 0.354. The SMILES string of the molecule is CC(C)N(C(C)C)[C@@H]1C(=O)N2[C@@H](C)CCC[C@]12C. The lowest BCUT2D eigenvalue weighted by atomic mass is 9.70. The van der Waals surface area contributed by atoms with E-state index < -0.39 is 0 Å². The van der Waals surface area contributed by atoms with Crippen LogP contribution in [0, 0.1) is 0 Å². The van der Waals surface area contributed by atoms with Gasteiger partial charge in [-0.1, -0.05) is 0 Å². The molecule has 3 heteroatoms. The van der Waals surface area contributed by atoms with Crippen molar-refractivity contribution < 1.29 is 4.79 Å². The molecule has 0 aromatic rings. The number of carbonyl (C=O) groups is 1. The molecule has 2 heterocycles. The van der Waals surface area contributed by atoms with Crippen LogP contribution in [0.15, 0.2) is 0 Å². The first kappa shape index (κ1) is 13.9. The zero-order valence-corrected chi connectivity index (χ0v) is 12.7. The van der Waals surface area contributed by atoms with Crippen molar-refractivity contribution in [1.29, 1.82) is 0 Å². The Morgan fingerprint density at radius 2 is 1.83 bits per heavy atom. The van der Waals surface area contributed by atoms with Crippen LogP contribution in [0.5, 0.6) is 0 Å². The summed E-state index contributed by atoms with van der Waals surface area (Å²) in [5, 5.41) is 0. The van der Waals surface area contributed by atoms with E-state index in [-0.39, 0.29) is 11.6 Å². The molecule has 0 saturated carbocycles. The molecule has 3 nitrogen and oxygen atoms in total. The molecule has 1 amide bonds. The van der Waals surface area contributed by atoms with Crippen LogP contribution in [0.1, 0.15) is 60.8 Å². The van der Waals surface area contributed by atoms with Crippen LogP contribution in [0.4, 0.5) is 0 Å². The first-order valence-corrected chi connectivity index (χ1v) is 7.41. The fourth-order valence-electron chi connectivity index (χ4n) is 4.22. The minimum absolute atomic E-state index is 0.0727. The molecule has 3 atom stereocenters. The van der Waals surface area contributed by atoms with Gasteiger partial charge in [0.1, 0.15) is 6.04 Å². The lowest BCUT2D eigenvalue weighted by Gasteiger charge is -2.64. The third kappa shape index (κ3) is 1.78. The van der Waals surface area contributed by atoms with Crippen molar-refractivity contribution in [3.63, 3.8) is 0 Å². The molecular weight excluding hydrogens is 224 g/mol. The third-order valence-electron chi connectivity index (χ3n) is 4.85. The Kier molecular flexibility index (Phi) is 3.48. The molecule has 0 N–H and O–H groups in total. The Morgan fingerprint density at radius 3 is 2.33 bits per heavy atom. The topological polar surface area (TPSA) is 23.6 Å². The summed E-state index contributed by atoms with van der Waals surface area (Å²) in [4.78, 5) is 17.1. The largest absolute Gasteiger partial charge is 0.331 e. The Hall–Kier alpha value is -0.570. The third-order valence-corrected chi connectivity index (χ3v) is 4.85. The molecule has 0 aromatic carbocycles. The summed E-state index contributed by atoms with van der Waals surface area (Å²) in [5.41, 5.74) is 0.0727.